The molecule has 0 radical (unpaired) electrons. The summed E-state index contributed by atoms with van der Waals surface area (Å²) in [5.41, 5.74) is 0. The minimum absolute atomic E-state index is 0.618. The molecule has 0 spiro atoms. The van der Waals surface area contributed by atoms with Gasteiger partial charge in [0.1, 0.15) is 13.2 Å². The zero-order chi connectivity index (χ0) is 18.8. The van der Waals surface area contributed by atoms with Gasteiger partial charge in [-0.2, -0.15) is 0 Å². The summed E-state index contributed by atoms with van der Waals surface area (Å²) in [5.74, 6) is 0. The van der Waals surface area contributed by atoms with Gasteiger partial charge in [-0.3, -0.25) is 4.57 Å². The topological polar surface area (TPSA) is 26.3 Å². The Morgan fingerprint density at radius 2 is 1.32 bits per heavy atom. The van der Waals surface area contributed by atoms with E-state index in [1.807, 2.05) is 0 Å². The lowest BCUT2D eigenvalue weighted by atomic mass is 10.1. The maximum Gasteiger partial charge on any atom is 0.191 e. The number of hydrogen-bond donors (Lipinski definition) is 0. The van der Waals surface area contributed by atoms with Crippen molar-refractivity contribution in [2.75, 3.05) is 40.5 Å². The molecule has 0 aromatic rings. The molecule has 0 aliphatic rings. The van der Waals surface area contributed by atoms with Crippen molar-refractivity contribution >= 4 is 8.03 Å². The normalized spacial score (nSPS) is 13.6. The molecule has 0 aliphatic carbocycles. The maximum atomic E-state index is 11.8. The van der Waals surface area contributed by atoms with Gasteiger partial charge in [-0.1, -0.05) is 64.0 Å². The van der Waals surface area contributed by atoms with E-state index in [1.54, 1.807) is 0 Å². The predicted octanol–water partition coefficient (Wildman–Crippen LogP) is 6.44. The number of nitrogens with zero attached hydrogens (tertiary/aromatic N) is 1. The van der Waals surface area contributed by atoms with E-state index in [2.05, 4.69) is 40.2 Å². The molecule has 1 atom stereocenters. The molecule has 1 unspecified atom stereocenters. The largest absolute Gasteiger partial charge is 0.329 e. The first-order valence-corrected chi connectivity index (χ1v) is 12.1. The van der Waals surface area contributed by atoms with Crippen LogP contribution in [0.25, 0.3) is 0 Å². The zero-order valence-electron chi connectivity index (χ0n) is 17.5. The van der Waals surface area contributed by atoms with Crippen LogP contribution in [0.1, 0.15) is 84.0 Å². The Bertz CT molecular complexity index is 337. The van der Waals surface area contributed by atoms with Gasteiger partial charge >= 0.3 is 0 Å². The van der Waals surface area contributed by atoms with Crippen LogP contribution in [0.15, 0.2) is 12.2 Å². The molecule has 0 rings (SSSR count). The molecule has 0 bridgehead atoms. The van der Waals surface area contributed by atoms with Crippen molar-refractivity contribution < 1.29 is 13.6 Å². The average Bonchev–Trinajstić information content (AvgIpc) is 2.54. The Kier molecular flexibility index (Phi) is 17.2. The summed E-state index contributed by atoms with van der Waals surface area (Å²) in [6.07, 6.45) is 20.9. The van der Waals surface area contributed by atoms with E-state index in [4.69, 9.17) is 4.52 Å². The number of likely N-dealkylation sites (N-methyl/N-ethyl adjacent to an activating group) is 1. The van der Waals surface area contributed by atoms with Gasteiger partial charge in [0.2, 0.25) is 0 Å². The van der Waals surface area contributed by atoms with Crippen molar-refractivity contribution in [2.24, 2.45) is 0 Å². The Morgan fingerprint density at radius 3 is 1.88 bits per heavy atom. The van der Waals surface area contributed by atoms with Crippen LogP contribution in [-0.4, -0.2) is 44.9 Å². The Balaban J connectivity index is 3.25. The summed E-state index contributed by atoms with van der Waals surface area (Å²) in [4.78, 5) is 0. The first kappa shape index (κ1) is 24.9. The van der Waals surface area contributed by atoms with E-state index in [0.29, 0.717) is 6.61 Å². The molecule has 25 heavy (non-hydrogen) atoms. The highest BCUT2D eigenvalue weighted by Crippen LogP contribution is 2.24. The van der Waals surface area contributed by atoms with E-state index < -0.39 is 8.03 Å². The highest BCUT2D eigenvalue weighted by molar-refractivity contribution is 7.39. The van der Waals surface area contributed by atoms with Gasteiger partial charge in [-0.05, 0) is 32.1 Å². The highest BCUT2D eigenvalue weighted by Gasteiger charge is 2.07. The van der Waals surface area contributed by atoms with Crippen molar-refractivity contribution in [1.82, 2.24) is 0 Å². The maximum absolute atomic E-state index is 11.8. The van der Waals surface area contributed by atoms with E-state index >= 15 is 0 Å². The minimum Gasteiger partial charge on any atom is -0.329 e. The number of allylic oxidation sites excluding steroid dienone is 2. The van der Waals surface area contributed by atoms with Crippen LogP contribution < -0.4 is 0 Å². The van der Waals surface area contributed by atoms with Crippen LogP contribution in [0, 0.1) is 0 Å². The van der Waals surface area contributed by atoms with Crippen LogP contribution in [0.4, 0.5) is 0 Å². The molecule has 0 fully saturated rings. The zero-order valence-corrected chi connectivity index (χ0v) is 18.5. The predicted molar refractivity (Wildman–Crippen MR) is 113 cm³/mol. The van der Waals surface area contributed by atoms with Crippen molar-refractivity contribution in [3.05, 3.63) is 12.2 Å². The van der Waals surface area contributed by atoms with E-state index in [1.165, 1.54) is 70.6 Å². The fourth-order valence-corrected chi connectivity index (χ4v) is 3.67. The van der Waals surface area contributed by atoms with Gasteiger partial charge in [0, 0.05) is 6.16 Å². The molecule has 150 valence electrons. The Labute approximate surface area is 158 Å². The van der Waals surface area contributed by atoms with E-state index in [9.17, 15) is 4.57 Å². The van der Waals surface area contributed by atoms with Gasteiger partial charge in [0.15, 0.2) is 8.03 Å². The molecule has 3 nitrogen and oxygen atoms in total. The SMILES string of the molecule is CCCCCC/C=C\CCCCCCCC[PH](=O)OCC[N+](C)(C)C. The van der Waals surface area contributed by atoms with Gasteiger partial charge in [0.25, 0.3) is 0 Å². The van der Waals surface area contributed by atoms with Crippen LogP contribution in [-0.2, 0) is 9.09 Å². The molecule has 0 aromatic heterocycles. The van der Waals surface area contributed by atoms with Crippen molar-refractivity contribution in [2.45, 2.75) is 84.0 Å². The van der Waals surface area contributed by atoms with Gasteiger partial charge in [-0.15, -0.1) is 0 Å². The van der Waals surface area contributed by atoms with Crippen molar-refractivity contribution in [3.8, 4) is 0 Å². The first-order valence-electron chi connectivity index (χ1n) is 10.6. The summed E-state index contributed by atoms with van der Waals surface area (Å²) in [7, 11) is 4.59. The lowest BCUT2D eigenvalue weighted by Gasteiger charge is -2.23. The highest BCUT2D eigenvalue weighted by atomic mass is 31.1. The van der Waals surface area contributed by atoms with E-state index in [-0.39, 0.29) is 0 Å². The second-order valence-electron chi connectivity index (χ2n) is 8.22. The van der Waals surface area contributed by atoms with E-state index in [0.717, 1.165) is 23.6 Å². The second-order valence-corrected chi connectivity index (χ2v) is 9.75. The number of hydrogen-bond acceptors (Lipinski definition) is 2. The third-order valence-corrected chi connectivity index (χ3v) is 5.71. The molecule has 0 heterocycles. The second kappa shape index (κ2) is 17.3. The number of quaternary nitrogens is 1. The first-order chi connectivity index (χ1) is 12.0. The van der Waals surface area contributed by atoms with Crippen LogP contribution >= 0.6 is 8.03 Å². The molecule has 0 N–H and O–H groups in total. The molecule has 0 amide bonds. The number of unbranched alkanes of at least 4 members (excludes halogenated alkanes) is 10. The summed E-state index contributed by atoms with van der Waals surface area (Å²) >= 11 is 0. The summed E-state index contributed by atoms with van der Waals surface area (Å²) in [5, 5.41) is 0. The van der Waals surface area contributed by atoms with Gasteiger partial charge in [-0.25, -0.2) is 0 Å². The van der Waals surface area contributed by atoms with Crippen LogP contribution in [0.2, 0.25) is 0 Å². The standard InChI is InChI=1S/C21H45NO2P/c1-5-6-7-8-9-10-11-12-13-14-15-16-17-18-21-25(23)24-20-19-22(2,3)4/h10-11,25H,5-9,12-21H2,1-4H3/q+1/b11-10-. The summed E-state index contributed by atoms with van der Waals surface area (Å²) in [6.45, 7) is 3.80. The third kappa shape index (κ3) is 21.8. The number of rotatable bonds is 18. The smallest absolute Gasteiger partial charge is 0.191 e. The molecular weight excluding hydrogens is 329 g/mol. The van der Waals surface area contributed by atoms with Gasteiger partial charge in [0.05, 0.1) is 21.1 Å². The van der Waals surface area contributed by atoms with Crippen LogP contribution in [0.5, 0.6) is 0 Å². The fraction of sp³-hybridized carbons (Fsp3) is 0.905. The summed E-state index contributed by atoms with van der Waals surface area (Å²) < 4.78 is 18.1. The van der Waals surface area contributed by atoms with Crippen molar-refractivity contribution in [1.29, 1.82) is 0 Å². The minimum atomic E-state index is -1.80. The lowest BCUT2D eigenvalue weighted by Crippen LogP contribution is -2.37. The van der Waals surface area contributed by atoms with Crippen LogP contribution in [0.3, 0.4) is 0 Å². The Morgan fingerprint density at radius 1 is 0.800 bits per heavy atom. The molecular formula is C21H45NO2P+. The quantitative estimate of drug-likeness (QED) is 0.119. The Hall–Kier alpha value is -0.110. The molecule has 0 saturated carbocycles. The lowest BCUT2D eigenvalue weighted by molar-refractivity contribution is -0.870. The molecule has 0 saturated heterocycles. The molecule has 0 aromatic carbocycles. The van der Waals surface area contributed by atoms with Crippen molar-refractivity contribution in [3.63, 3.8) is 0 Å². The average molecular weight is 375 g/mol. The summed E-state index contributed by atoms with van der Waals surface area (Å²) in [6, 6.07) is 0. The van der Waals surface area contributed by atoms with Gasteiger partial charge < -0.3 is 9.01 Å². The molecule has 4 heteroatoms. The fourth-order valence-electron chi connectivity index (χ4n) is 2.67. The third-order valence-electron chi connectivity index (χ3n) is 4.42. The molecule has 0 aliphatic heterocycles. The monoisotopic (exact) mass is 374 g/mol.